The lowest BCUT2D eigenvalue weighted by atomic mass is 9.63. The molecule has 0 N–H and O–H groups in total. The lowest BCUT2D eigenvalue weighted by molar-refractivity contribution is -0.135. The number of fused-ring (bicyclic) bond motifs is 1. The number of alkyl halides is 3. The van der Waals surface area contributed by atoms with Crippen LogP contribution in [0.1, 0.15) is 72.3 Å². The second kappa shape index (κ2) is 10.8. The van der Waals surface area contributed by atoms with Gasteiger partial charge < -0.3 is 14.2 Å². The first-order valence-corrected chi connectivity index (χ1v) is 15.3. The fourth-order valence-electron chi connectivity index (χ4n) is 6.56. The molecule has 2 aliphatic carbocycles. The minimum Gasteiger partial charge on any atom is -0.461 e. The van der Waals surface area contributed by atoms with Crippen LogP contribution in [0.3, 0.4) is 0 Å². The van der Waals surface area contributed by atoms with E-state index in [1.54, 1.807) is 24.0 Å². The number of carbonyl (C=O) groups excluding carboxylic acids is 1. The molecule has 4 aromatic rings. The normalized spacial score (nSPS) is 18.0. The van der Waals surface area contributed by atoms with Crippen LogP contribution < -0.4 is 4.90 Å². The van der Waals surface area contributed by atoms with Gasteiger partial charge in [0.2, 0.25) is 0 Å². The molecule has 7 nitrogen and oxygen atoms in total. The van der Waals surface area contributed by atoms with Gasteiger partial charge in [0, 0.05) is 47.9 Å². The molecule has 12 heteroatoms. The van der Waals surface area contributed by atoms with Crippen molar-refractivity contribution in [3.8, 4) is 11.3 Å². The van der Waals surface area contributed by atoms with Gasteiger partial charge in [-0.05, 0) is 56.1 Å². The van der Waals surface area contributed by atoms with Crippen molar-refractivity contribution >= 4 is 51.3 Å². The number of para-hydroxylation sites is 1. The molecule has 44 heavy (non-hydrogen) atoms. The first kappa shape index (κ1) is 29.1. The number of esters is 1. The number of halogens is 5. The number of hydrogen-bond donors (Lipinski definition) is 0. The van der Waals surface area contributed by atoms with E-state index < -0.39 is 17.7 Å². The molecule has 0 bridgehead atoms. The molecule has 2 fully saturated rings. The first-order valence-electron chi connectivity index (χ1n) is 14.5. The molecule has 1 aromatic carbocycles. The lowest BCUT2D eigenvalue weighted by Crippen LogP contribution is -2.43. The number of hydrogen-bond acceptors (Lipinski definition) is 7. The second-order valence-electron chi connectivity index (χ2n) is 11.6. The van der Waals surface area contributed by atoms with Crippen molar-refractivity contribution in [1.29, 1.82) is 0 Å². The molecule has 0 unspecified atom stereocenters. The number of carbonyl (C=O) groups is 1. The fraction of sp³-hybridized carbons (Fsp3) is 0.375. The molecule has 0 amide bonds. The number of pyridine rings is 2. The van der Waals surface area contributed by atoms with Gasteiger partial charge in [-0.1, -0.05) is 52.6 Å². The topological polar surface area (TPSA) is 81.4 Å². The lowest BCUT2D eigenvalue weighted by Gasteiger charge is -2.47. The largest absolute Gasteiger partial charge is 0.461 e. The van der Waals surface area contributed by atoms with Gasteiger partial charge in [0.15, 0.2) is 5.69 Å². The predicted molar refractivity (Wildman–Crippen MR) is 161 cm³/mol. The number of piperidine rings is 1. The summed E-state index contributed by atoms with van der Waals surface area (Å²) in [5.74, 6) is 0.233. The van der Waals surface area contributed by atoms with Gasteiger partial charge in [0.25, 0.3) is 0 Å². The van der Waals surface area contributed by atoms with Gasteiger partial charge in [-0.3, -0.25) is 4.98 Å². The number of ether oxygens (including phenoxy) is 1. The minimum atomic E-state index is -4.71. The highest BCUT2D eigenvalue weighted by molar-refractivity contribution is 6.39. The van der Waals surface area contributed by atoms with E-state index in [9.17, 15) is 18.0 Å². The Bertz CT molecular complexity index is 1810. The van der Waals surface area contributed by atoms with Crippen LogP contribution >= 0.6 is 23.2 Å². The molecule has 1 aliphatic heterocycles. The van der Waals surface area contributed by atoms with Crippen molar-refractivity contribution < 1.29 is 27.2 Å². The van der Waals surface area contributed by atoms with Crippen LogP contribution in [0.2, 0.25) is 10.0 Å². The van der Waals surface area contributed by atoms with Gasteiger partial charge >= 0.3 is 12.1 Å². The highest BCUT2D eigenvalue weighted by Crippen LogP contribution is 2.57. The molecule has 3 aliphatic rings. The Kier molecular flexibility index (Phi) is 7.12. The summed E-state index contributed by atoms with van der Waals surface area (Å²) in [6, 6.07) is 6.01. The fourth-order valence-corrected chi connectivity index (χ4v) is 7.10. The van der Waals surface area contributed by atoms with Crippen LogP contribution in [0, 0.1) is 5.41 Å². The van der Waals surface area contributed by atoms with Crippen LogP contribution in [0.5, 0.6) is 0 Å². The second-order valence-corrected chi connectivity index (χ2v) is 12.5. The van der Waals surface area contributed by atoms with Crippen molar-refractivity contribution in [3.63, 3.8) is 0 Å². The predicted octanol–water partition coefficient (Wildman–Crippen LogP) is 8.74. The maximum absolute atomic E-state index is 14.7. The SMILES string of the molecule is CCOC(=O)c1nc2ccccc2c(C(F)(F)F)c1N1CCC2(C=C(c3c(-c4c(Cl)cncc4Cl)noc3C3CC3)C2)CC1. The summed E-state index contributed by atoms with van der Waals surface area (Å²) in [6.07, 6.45) is 4.45. The summed E-state index contributed by atoms with van der Waals surface area (Å²) >= 11 is 13.0. The molecule has 1 spiro atoms. The van der Waals surface area contributed by atoms with E-state index in [2.05, 4.69) is 21.2 Å². The average molecular weight is 643 g/mol. The van der Waals surface area contributed by atoms with Crippen molar-refractivity contribution in [2.75, 3.05) is 24.6 Å². The highest BCUT2D eigenvalue weighted by atomic mass is 35.5. The summed E-state index contributed by atoms with van der Waals surface area (Å²) in [4.78, 5) is 23.0. The summed E-state index contributed by atoms with van der Waals surface area (Å²) in [5.41, 5.74) is 1.62. The van der Waals surface area contributed by atoms with Crippen molar-refractivity contribution in [2.45, 2.75) is 51.1 Å². The third kappa shape index (κ3) is 4.92. The zero-order chi connectivity index (χ0) is 30.8. The van der Waals surface area contributed by atoms with Gasteiger partial charge in [0.05, 0.1) is 33.4 Å². The smallest absolute Gasteiger partial charge is 0.419 e. The number of benzene rings is 1. The minimum absolute atomic E-state index is 0.0223. The molecule has 228 valence electrons. The zero-order valence-electron chi connectivity index (χ0n) is 23.7. The summed E-state index contributed by atoms with van der Waals surface area (Å²) in [7, 11) is 0. The van der Waals surface area contributed by atoms with E-state index in [0.29, 0.717) is 53.7 Å². The Balaban J connectivity index is 1.23. The Labute approximate surface area is 261 Å². The number of anilines is 1. The van der Waals surface area contributed by atoms with Crippen molar-refractivity contribution in [3.05, 3.63) is 75.4 Å². The van der Waals surface area contributed by atoms with Gasteiger partial charge in [-0.2, -0.15) is 13.2 Å². The monoisotopic (exact) mass is 642 g/mol. The maximum Gasteiger partial charge on any atom is 0.419 e. The molecular formula is C32H27Cl2F3N4O3. The number of aromatic nitrogens is 3. The van der Waals surface area contributed by atoms with E-state index >= 15 is 0 Å². The molecule has 4 heterocycles. The Morgan fingerprint density at radius 2 is 1.80 bits per heavy atom. The Morgan fingerprint density at radius 3 is 2.43 bits per heavy atom. The molecule has 1 saturated heterocycles. The number of rotatable bonds is 6. The van der Waals surface area contributed by atoms with Crippen molar-refractivity contribution in [2.24, 2.45) is 5.41 Å². The van der Waals surface area contributed by atoms with E-state index in [-0.39, 0.29) is 40.2 Å². The van der Waals surface area contributed by atoms with Gasteiger partial charge in [-0.25, -0.2) is 9.78 Å². The van der Waals surface area contributed by atoms with Crippen LogP contribution in [-0.4, -0.2) is 40.8 Å². The van der Waals surface area contributed by atoms with Crippen LogP contribution in [-0.2, 0) is 10.9 Å². The third-order valence-corrected chi connectivity index (χ3v) is 9.37. The first-order chi connectivity index (χ1) is 21.1. The quantitative estimate of drug-likeness (QED) is 0.194. The van der Waals surface area contributed by atoms with Crippen LogP contribution in [0.4, 0.5) is 18.9 Å². The molecule has 1 saturated carbocycles. The summed E-state index contributed by atoms with van der Waals surface area (Å²) in [5, 5.41) is 5.08. The van der Waals surface area contributed by atoms with E-state index in [4.69, 9.17) is 32.5 Å². The molecule has 0 atom stereocenters. The van der Waals surface area contributed by atoms with E-state index in [1.807, 2.05) is 0 Å². The van der Waals surface area contributed by atoms with Gasteiger partial charge in [-0.15, -0.1) is 0 Å². The molecule has 0 radical (unpaired) electrons. The van der Waals surface area contributed by atoms with Crippen molar-refractivity contribution in [1.82, 2.24) is 15.1 Å². The summed E-state index contributed by atoms with van der Waals surface area (Å²) < 4.78 is 55.1. The molecular weight excluding hydrogens is 616 g/mol. The van der Waals surface area contributed by atoms with Crippen LogP contribution in [0.15, 0.2) is 47.3 Å². The number of nitrogens with zero attached hydrogens (tertiary/aromatic N) is 4. The zero-order valence-corrected chi connectivity index (χ0v) is 25.2. The standard InChI is InChI=1S/C32H27Cl2F3N4O3/c1-2-43-30(42)27-28(25(32(35,36)37)19-5-3-4-6-22(19)39-27)41-11-9-31(10-12-41)13-18(14-31)23-26(40-44-29(23)17-7-8-17)24-20(33)15-38-16-21(24)34/h3-6,13,15-17H,2,7-12,14H2,1H3. The van der Waals surface area contributed by atoms with E-state index in [0.717, 1.165) is 29.7 Å². The third-order valence-electron chi connectivity index (χ3n) is 8.80. The van der Waals surface area contributed by atoms with E-state index in [1.165, 1.54) is 24.5 Å². The molecule has 3 aromatic heterocycles. The number of allylic oxidation sites excluding steroid dienone is 2. The maximum atomic E-state index is 14.7. The van der Waals surface area contributed by atoms with Gasteiger partial charge in [0.1, 0.15) is 11.5 Å². The Hall–Kier alpha value is -3.63. The Morgan fingerprint density at radius 1 is 1.11 bits per heavy atom. The molecule has 7 rings (SSSR count). The van der Waals surface area contributed by atoms with Crippen LogP contribution in [0.25, 0.3) is 27.7 Å². The average Bonchev–Trinajstić information content (AvgIpc) is 3.74. The summed E-state index contributed by atoms with van der Waals surface area (Å²) in [6.45, 7) is 2.26. The highest BCUT2D eigenvalue weighted by Gasteiger charge is 2.46.